The van der Waals surface area contributed by atoms with Gasteiger partial charge in [0.2, 0.25) is 5.91 Å². The molecule has 5 heteroatoms. The van der Waals surface area contributed by atoms with Gasteiger partial charge in [-0.05, 0) is 60.2 Å². The first-order valence-electron chi connectivity index (χ1n) is 9.44. The topological polar surface area (TPSA) is 38.8 Å². The summed E-state index contributed by atoms with van der Waals surface area (Å²) < 4.78 is 10.7. The number of nitrogens with zero attached hydrogens (tertiary/aromatic N) is 1. The molecule has 0 spiro atoms. The molecule has 4 rings (SSSR count). The highest BCUT2D eigenvalue weighted by Gasteiger charge is 2.42. The van der Waals surface area contributed by atoms with E-state index in [-0.39, 0.29) is 11.8 Å². The van der Waals surface area contributed by atoms with Crippen LogP contribution in [-0.2, 0) is 11.3 Å². The largest absolute Gasteiger partial charge is 0.493 e. The zero-order chi connectivity index (χ0) is 19.0. The van der Waals surface area contributed by atoms with E-state index in [1.807, 2.05) is 41.3 Å². The van der Waals surface area contributed by atoms with Crippen molar-refractivity contribution in [3.63, 3.8) is 0 Å². The third-order valence-corrected chi connectivity index (χ3v) is 6.04. The third-order valence-electron chi connectivity index (χ3n) is 5.81. The van der Waals surface area contributed by atoms with Gasteiger partial charge in [0, 0.05) is 10.7 Å². The number of rotatable bonds is 5. The van der Waals surface area contributed by atoms with Crippen molar-refractivity contribution in [2.24, 2.45) is 5.92 Å². The second-order valence-corrected chi connectivity index (χ2v) is 7.78. The van der Waals surface area contributed by atoms with Gasteiger partial charge in [-0.15, -0.1) is 0 Å². The van der Waals surface area contributed by atoms with Gasteiger partial charge in [0.15, 0.2) is 11.5 Å². The third kappa shape index (κ3) is 3.27. The van der Waals surface area contributed by atoms with Crippen LogP contribution >= 0.6 is 11.6 Å². The Bertz CT molecular complexity index is 861. The van der Waals surface area contributed by atoms with Gasteiger partial charge >= 0.3 is 0 Å². The molecular weight excluding hydrogens is 362 g/mol. The van der Waals surface area contributed by atoms with E-state index in [0.29, 0.717) is 29.0 Å². The second kappa shape index (κ2) is 7.43. The number of ether oxygens (including phenoxy) is 2. The van der Waals surface area contributed by atoms with E-state index in [2.05, 4.69) is 0 Å². The van der Waals surface area contributed by atoms with Crippen molar-refractivity contribution in [1.82, 2.24) is 0 Å². The predicted octanol–water partition coefficient (Wildman–Crippen LogP) is 5.18. The zero-order valence-electron chi connectivity index (χ0n) is 15.7. The number of benzene rings is 2. The number of carbonyl (C=O) groups is 1. The number of amides is 1. The molecule has 1 amide bonds. The summed E-state index contributed by atoms with van der Waals surface area (Å²) in [6, 6.07) is 11.6. The number of anilines is 1. The molecule has 27 heavy (non-hydrogen) atoms. The number of hydrogen-bond donors (Lipinski definition) is 0. The molecule has 0 bridgehead atoms. The molecule has 0 saturated heterocycles. The Labute approximate surface area is 165 Å². The first kappa shape index (κ1) is 18.2. The number of methoxy groups -OCH3 is 2. The minimum atomic E-state index is -0.0682. The molecule has 0 N–H and O–H groups in total. The average molecular weight is 386 g/mol. The molecule has 1 aliphatic carbocycles. The zero-order valence-corrected chi connectivity index (χ0v) is 16.5. The maximum Gasteiger partial charge on any atom is 0.235 e. The smallest absolute Gasteiger partial charge is 0.235 e. The Balaban J connectivity index is 1.68. The molecule has 2 aromatic rings. The van der Waals surface area contributed by atoms with Crippen molar-refractivity contribution in [3.8, 4) is 11.5 Å². The van der Waals surface area contributed by atoms with Gasteiger partial charge in [0.05, 0.1) is 26.7 Å². The van der Waals surface area contributed by atoms with E-state index in [0.717, 1.165) is 29.7 Å². The van der Waals surface area contributed by atoms with E-state index in [4.69, 9.17) is 21.1 Å². The highest BCUT2D eigenvalue weighted by Crippen LogP contribution is 2.48. The summed E-state index contributed by atoms with van der Waals surface area (Å²) in [6.45, 7) is 0.511. The predicted molar refractivity (Wildman–Crippen MR) is 107 cm³/mol. The number of carbonyl (C=O) groups excluding carboxylic acids is 1. The van der Waals surface area contributed by atoms with Gasteiger partial charge in [0.25, 0.3) is 0 Å². The highest BCUT2D eigenvalue weighted by atomic mass is 35.5. The van der Waals surface area contributed by atoms with E-state index in [1.165, 1.54) is 12.8 Å². The second-order valence-electron chi connectivity index (χ2n) is 7.34. The van der Waals surface area contributed by atoms with Crippen LogP contribution in [0.4, 0.5) is 5.69 Å². The average Bonchev–Trinajstić information content (AvgIpc) is 3.28. The van der Waals surface area contributed by atoms with Crippen LogP contribution in [0.25, 0.3) is 0 Å². The first-order chi connectivity index (χ1) is 13.1. The molecule has 1 unspecified atom stereocenters. The molecule has 0 aromatic heterocycles. The summed E-state index contributed by atoms with van der Waals surface area (Å²) in [7, 11) is 3.24. The number of halogens is 1. The summed E-state index contributed by atoms with van der Waals surface area (Å²) in [6.07, 6.45) is 4.65. The van der Waals surface area contributed by atoms with Gasteiger partial charge in [0.1, 0.15) is 0 Å². The fraction of sp³-hybridized carbons (Fsp3) is 0.409. The van der Waals surface area contributed by atoms with Gasteiger partial charge in [-0.2, -0.15) is 0 Å². The van der Waals surface area contributed by atoms with E-state index >= 15 is 0 Å². The Morgan fingerprint density at radius 1 is 1.04 bits per heavy atom. The van der Waals surface area contributed by atoms with Crippen LogP contribution in [0.15, 0.2) is 36.4 Å². The minimum absolute atomic E-state index is 0.0682. The molecule has 1 fully saturated rings. The van der Waals surface area contributed by atoms with Crippen molar-refractivity contribution in [2.75, 3.05) is 19.1 Å². The van der Waals surface area contributed by atoms with Gasteiger partial charge in [-0.1, -0.05) is 30.5 Å². The standard InChI is InChI=1S/C22H24ClNO3/c1-26-19-10-7-14(11-20(19)27-2)13-24-18-9-8-16(23)12-17(18)21(22(24)25)15-5-3-4-6-15/h7-12,15,21H,3-6,13H2,1-2H3. The number of fused-ring (bicyclic) bond motifs is 1. The van der Waals surface area contributed by atoms with Crippen LogP contribution in [0.3, 0.4) is 0 Å². The van der Waals surface area contributed by atoms with Crippen molar-refractivity contribution in [3.05, 3.63) is 52.5 Å². The Morgan fingerprint density at radius 2 is 1.78 bits per heavy atom. The number of hydrogen-bond acceptors (Lipinski definition) is 3. The Morgan fingerprint density at radius 3 is 2.48 bits per heavy atom. The normalized spacial score (nSPS) is 19.4. The quantitative estimate of drug-likeness (QED) is 0.712. The molecule has 1 aliphatic heterocycles. The van der Waals surface area contributed by atoms with Gasteiger partial charge < -0.3 is 14.4 Å². The Hall–Kier alpha value is -2.20. The summed E-state index contributed by atoms with van der Waals surface area (Å²) in [4.78, 5) is 15.3. The van der Waals surface area contributed by atoms with Crippen molar-refractivity contribution < 1.29 is 14.3 Å². The summed E-state index contributed by atoms with van der Waals surface area (Å²) >= 11 is 6.26. The summed E-state index contributed by atoms with van der Waals surface area (Å²) in [5.41, 5.74) is 3.07. The van der Waals surface area contributed by atoms with Crippen LogP contribution in [0, 0.1) is 5.92 Å². The SMILES string of the molecule is COc1ccc(CN2C(=O)C(C3CCCC3)c3cc(Cl)ccc32)cc1OC. The van der Waals surface area contributed by atoms with Crippen LogP contribution in [-0.4, -0.2) is 20.1 Å². The molecule has 0 radical (unpaired) electrons. The van der Waals surface area contributed by atoms with Crippen LogP contribution in [0.1, 0.15) is 42.7 Å². The molecule has 1 heterocycles. The van der Waals surface area contributed by atoms with E-state index in [1.54, 1.807) is 14.2 Å². The lowest BCUT2D eigenvalue weighted by Crippen LogP contribution is -2.30. The maximum absolute atomic E-state index is 13.4. The van der Waals surface area contributed by atoms with Crippen LogP contribution < -0.4 is 14.4 Å². The first-order valence-corrected chi connectivity index (χ1v) is 9.82. The minimum Gasteiger partial charge on any atom is -0.493 e. The van der Waals surface area contributed by atoms with Gasteiger partial charge in [-0.25, -0.2) is 0 Å². The monoisotopic (exact) mass is 385 g/mol. The van der Waals surface area contributed by atoms with Crippen molar-refractivity contribution in [2.45, 2.75) is 38.1 Å². The molecule has 2 aliphatic rings. The lowest BCUT2D eigenvalue weighted by atomic mass is 9.86. The molecule has 142 valence electrons. The lowest BCUT2D eigenvalue weighted by molar-refractivity contribution is -0.120. The Kier molecular flexibility index (Phi) is 5.00. The van der Waals surface area contributed by atoms with E-state index in [9.17, 15) is 4.79 Å². The lowest BCUT2D eigenvalue weighted by Gasteiger charge is -2.21. The molecule has 2 aromatic carbocycles. The molecule has 4 nitrogen and oxygen atoms in total. The van der Waals surface area contributed by atoms with Crippen molar-refractivity contribution >= 4 is 23.2 Å². The van der Waals surface area contributed by atoms with Gasteiger partial charge in [-0.3, -0.25) is 4.79 Å². The fourth-order valence-corrected chi connectivity index (χ4v) is 4.69. The highest BCUT2D eigenvalue weighted by molar-refractivity contribution is 6.31. The fourth-order valence-electron chi connectivity index (χ4n) is 4.51. The molecule has 1 atom stereocenters. The van der Waals surface area contributed by atoms with Crippen LogP contribution in [0.2, 0.25) is 5.02 Å². The van der Waals surface area contributed by atoms with Crippen molar-refractivity contribution in [1.29, 1.82) is 0 Å². The van der Waals surface area contributed by atoms with E-state index < -0.39 is 0 Å². The molecule has 1 saturated carbocycles. The maximum atomic E-state index is 13.4. The summed E-state index contributed by atoms with van der Waals surface area (Å²) in [5, 5.41) is 0.692. The van der Waals surface area contributed by atoms with Crippen LogP contribution in [0.5, 0.6) is 11.5 Å². The molecular formula is C22H24ClNO3. The summed E-state index contributed by atoms with van der Waals surface area (Å²) in [5.74, 6) is 1.90.